The van der Waals surface area contributed by atoms with E-state index in [1.54, 1.807) is 0 Å². The van der Waals surface area contributed by atoms with Crippen molar-refractivity contribution in [2.24, 2.45) is 10.4 Å². The van der Waals surface area contributed by atoms with Gasteiger partial charge in [-0.1, -0.05) is 25.7 Å². The van der Waals surface area contributed by atoms with Gasteiger partial charge in [-0.05, 0) is 17.5 Å². The van der Waals surface area contributed by atoms with Crippen molar-refractivity contribution in [3.8, 4) is 5.75 Å². The Balaban J connectivity index is 2.31. The lowest BCUT2D eigenvalue weighted by molar-refractivity contribution is -0.268. The minimum absolute atomic E-state index is 0.0242. The molecule has 0 fully saturated rings. The Morgan fingerprint density at radius 1 is 1.36 bits per heavy atom. The number of aromatic carboxylic acids is 1. The molecule has 2 rings (SSSR count). The number of carboxylic acids is 1. The molecule has 0 atom stereocenters. The molecule has 1 aliphatic carbocycles. The predicted molar refractivity (Wildman–Crippen MR) is 78.7 cm³/mol. The Bertz CT molecular complexity index is 700. The minimum atomic E-state index is -1.33. The first kappa shape index (κ1) is 15.8. The highest BCUT2D eigenvalue weighted by Gasteiger charge is 2.32. The van der Waals surface area contributed by atoms with E-state index in [1.165, 1.54) is 12.3 Å². The van der Waals surface area contributed by atoms with Gasteiger partial charge in [0.25, 0.3) is 0 Å². The van der Waals surface area contributed by atoms with Crippen molar-refractivity contribution in [2.45, 2.75) is 26.7 Å². The molecule has 22 heavy (non-hydrogen) atoms. The first-order valence-electron chi connectivity index (χ1n) is 6.73. The number of nitrogens with zero attached hydrogens (tertiary/aromatic N) is 1. The lowest BCUT2D eigenvalue weighted by Gasteiger charge is -2.28. The Hall–Kier alpha value is -2.63. The van der Waals surface area contributed by atoms with Gasteiger partial charge in [-0.2, -0.15) is 0 Å². The van der Waals surface area contributed by atoms with E-state index in [-0.39, 0.29) is 33.8 Å². The van der Waals surface area contributed by atoms with E-state index < -0.39 is 11.7 Å². The van der Waals surface area contributed by atoms with Crippen LogP contribution in [0.4, 0.5) is 5.69 Å². The van der Waals surface area contributed by atoms with Crippen molar-refractivity contribution in [2.75, 3.05) is 0 Å². The summed E-state index contributed by atoms with van der Waals surface area (Å²) in [6.45, 7) is 3.78. The fourth-order valence-electron chi connectivity index (χ4n) is 2.35. The smallest absolute Gasteiger partial charge is 0.335 e. The predicted octanol–water partition coefficient (Wildman–Crippen LogP) is 2.36. The number of aliphatic imine (C=N–C) groups is 1. The van der Waals surface area contributed by atoms with E-state index in [0.717, 1.165) is 12.1 Å². The molecule has 0 aromatic heterocycles. The molecule has 6 heteroatoms. The Morgan fingerprint density at radius 3 is 2.64 bits per heavy atom. The third-order valence-corrected chi connectivity index (χ3v) is 3.43. The van der Waals surface area contributed by atoms with Crippen molar-refractivity contribution < 1.29 is 24.9 Å². The summed E-state index contributed by atoms with van der Waals surface area (Å²) in [5, 5.41) is 30.2. The van der Waals surface area contributed by atoms with Gasteiger partial charge in [0.05, 0.1) is 16.8 Å². The number of aliphatic hydroxyl groups is 1. The molecule has 0 saturated carbocycles. The Morgan fingerprint density at radius 2 is 2.05 bits per heavy atom. The first-order chi connectivity index (χ1) is 10.2. The van der Waals surface area contributed by atoms with Crippen LogP contribution in [0.2, 0.25) is 0 Å². The van der Waals surface area contributed by atoms with Crippen LogP contribution in [0.15, 0.2) is 34.5 Å². The number of carbonyl (C=O) groups is 2. The average molecular weight is 302 g/mol. The van der Waals surface area contributed by atoms with Crippen molar-refractivity contribution in [3.05, 3.63) is 35.1 Å². The summed E-state index contributed by atoms with van der Waals surface area (Å²) < 4.78 is 0. The lowest BCUT2D eigenvalue weighted by Crippen LogP contribution is -2.26. The van der Waals surface area contributed by atoms with Crippen LogP contribution >= 0.6 is 0 Å². The van der Waals surface area contributed by atoms with Gasteiger partial charge in [0.2, 0.25) is 0 Å². The Kier molecular flexibility index (Phi) is 4.03. The number of hydrogen-bond acceptors (Lipinski definition) is 5. The molecule has 1 aromatic carbocycles. The quantitative estimate of drug-likeness (QED) is 0.833. The lowest BCUT2D eigenvalue weighted by atomic mass is 9.77. The molecule has 0 amide bonds. The number of allylic oxidation sites excluding steroid dienone is 2. The number of Topliss-reactive ketones (excluding diaryl/α,β-unsaturated/α-hetero) is 1. The molecule has 0 bridgehead atoms. The average Bonchev–Trinajstić information content (AvgIpc) is 2.37. The second-order valence-electron chi connectivity index (χ2n) is 6.05. The van der Waals surface area contributed by atoms with Crippen molar-refractivity contribution in [1.29, 1.82) is 0 Å². The third kappa shape index (κ3) is 3.33. The number of rotatable bonds is 3. The van der Waals surface area contributed by atoms with Crippen LogP contribution in [0.3, 0.4) is 0 Å². The summed E-state index contributed by atoms with van der Waals surface area (Å²) in [7, 11) is 0. The molecule has 1 aliphatic rings. The highest BCUT2D eigenvalue weighted by Crippen LogP contribution is 2.35. The van der Waals surface area contributed by atoms with Gasteiger partial charge >= 0.3 is 5.97 Å². The second kappa shape index (κ2) is 5.63. The summed E-state index contributed by atoms with van der Waals surface area (Å²) in [5.41, 5.74) is -0.319. The number of ketones is 1. The van der Waals surface area contributed by atoms with Crippen molar-refractivity contribution in [1.82, 2.24) is 0 Å². The molecule has 0 aliphatic heterocycles. The molecule has 0 spiro atoms. The van der Waals surface area contributed by atoms with Crippen molar-refractivity contribution >= 4 is 23.7 Å². The molecule has 6 nitrogen and oxygen atoms in total. The molecule has 0 unspecified atom stereocenters. The minimum Gasteiger partial charge on any atom is -0.872 e. The van der Waals surface area contributed by atoms with Crippen LogP contribution in [0.1, 0.15) is 37.0 Å². The monoisotopic (exact) mass is 302 g/mol. The maximum absolute atomic E-state index is 12.0. The fraction of sp³-hybridized carbons (Fsp3) is 0.312. The number of aliphatic hydroxyl groups excluding tert-OH is 1. The molecule has 1 aromatic rings. The first-order valence-corrected chi connectivity index (χ1v) is 6.73. The van der Waals surface area contributed by atoms with E-state index in [4.69, 9.17) is 5.11 Å². The zero-order valence-corrected chi connectivity index (χ0v) is 12.3. The number of benzene rings is 1. The van der Waals surface area contributed by atoms with Gasteiger partial charge in [0, 0.05) is 19.1 Å². The summed E-state index contributed by atoms with van der Waals surface area (Å²) in [6, 6.07) is 3.60. The standard InChI is InChI=1S/C16H17NO5/c1-16(2)6-13(19)11(14(20)7-16)8-17-9-3-4-12(18)10(5-9)15(21)22/h3-5,8,18-19H,6-7H2,1-2H3,(H,21,22)/p-1. The van der Waals surface area contributed by atoms with Crippen LogP contribution in [-0.2, 0) is 4.79 Å². The van der Waals surface area contributed by atoms with E-state index in [0.29, 0.717) is 12.8 Å². The van der Waals surface area contributed by atoms with Crippen LogP contribution in [0, 0.1) is 5.41 Å². The topological polar surface area (TPSA) is 110 Å². The van der Waals surface area contributed by atoms with Gasteiger partial charge in [-0.3, -0.25) is 9.79 Å². The van der Waals surface area contributed by atoms with Gasteiger partial charge in [-0.25, -0.2) is 4.79 Å². The normalized spacial score (nSPS) is 18.0. The maximum atomic E-state index is 12.0. The van der Waals surface area contributed by atoms with E-state index in [1.807, 2.05) is 13.8 Å². The maximum Gasteiger partial charge on any atom is 0.335 e. The number of hydrogen-bond donors (Lipinski definition) is 2. The highest BCUT2D eigenvalue weighted by molar-refractivity contribution is 6.15. The summed E-state index contributed by atoms with van der Waals surface area (Å²) in [6.07, 6.45) is 1.90. The van der Waals surface area contributed by atoms with Gasteiger partial charge in [0.1, 0.15) is 5.76 Å². The van der Waals surface area contributed by atoms with E-state index in [9.17, 15) is 19.8 Å². The number of carboxylic acid groups (broad SMARTS) is 1. The van der Waals surface area contributed by atoms with Crippen molar-refractivity contribution in [3.63, 3.8) is 0 Å². The van der Waals surface area contributed by atoms with Gasteiger partial charge in [-0.15, -0.1) is 0 Å². The SMILES string of the molecule is CC1(C)CC(=O)C(C=Nc2ccc([O-])c(C(=O)O)c2)=C(O)C1. The van der Waals surface area contributed by atoms with Crippen LogP contribution in [0.25, 0.3) is 0 Å². The molecule has 2 N–H and O–H groups in total. The summed E-state index contributed by atoms with van der Waals surface area (Å²) in [5.74, 6) is -2.18. The molecular formula is C16H16NO5-. The van der Waals surface area contributed by atoms with E-state index in [2.05, 4.69) is 4.99 Å². The third-order valence-electron chi connectivity index (χ3n) is 3.43. The van der Waals surface area contributed by atoms with Gasteiger partial charge in [0.15, 0.2) is 5.78 Å². The Labute approximate surface area is 127 Å². The molecule has 0 saturated heterocycles. The molecule has 0 radical (unpaired) electrons. The van der Waals surface area contributed by atoms with Crippen LogP contribution < -0.4 is 5.11 Å². The fourth-order valence-corrected chi connectivity index (χ4v) is 2.35. The largest absolute Gasteiger partial charge is 0.872 e. The van der Waals surface area contributed by atoms with Crippen LogP contribution in [-0.4, -0.2) is 28.2 Å². The van der Waals surface area contributed by atoms with Gasteiger partial charge < -0.3 is 15.3 Å². The number of carbonyl (C=O) groups excluding carboxylic acids is 1. The molecule has 0 heterocycles. The summed E-state index contributed by atoms with van der Waals surface area (Å²) in [4.78, 5) is 26.9. The second-order valence-corrected chi connectivity index (χ2v) is 6.05. The molecular weight excluding hydrogens is 286 g/mol. The summed E-state index contributed by atoms with van der Waals surface area (Å²) >= 11 is 0. The van der Waals surface area contributed by atoms with E-state index >= 15 is 0 Å². The zero-order chi connectivity index (χ0) is 16.5. The highest BCUT2D eigenvalue weighted by atomic mass is 16.4. The molecule has 116 valence electrons. The zero-order valence-electron chi connectivity index (χ0n) is 12.3. The van der Waals surface area contributed by atoms with Crippen LogP contribution in [0.5, 0.6) is 5.75 Å².